The highest BCUT2D eigenvalue weighted by atomic mass is 15.3. The molecule has 0 saturated heterocycles. The SMILES string of the molecule is CC(C)Cc1nn(C)c2ccc(C#N)cc12. The van der Waals surface area contributed by atoms with Crippen molar-refractivity contribution in [1.29, 1.82) is 5.26 Å². The molecule has 0 atom stereocenters. The molecule has 1 heterocycles. The van der Waals surface area contributed by atoms with E-state index >= 15 is 0 Å². The molecule has 0 spiro atoms. The van der Waals surface area contributed by atoms with E-state index in [4.69, 9.17) is 5.26 Å². The van der Waals surface area contributed by atoms with Gasteiger partial charge in [-0.25, -0.2) is 0 Å². The van der Waals surface area contributed by atoms with Crippen LogP contribution in [0, 0.1) is 17.2 Å². The van der Waals surface area contributed by atoms with Gasteiger partial charge in [-0.05, 0) is 30.5 Å². The Labute approximate surface area is 95.3 Å². The molecule has 16 heavy (non-hydrogen) atoms. The second-order valence-corrected chi connectivity index (χ2v) is 4.51. The van der Waals surface area contributed by atoms with Crippen molar-refractivity contribution < 1.29 is 0 Å². The van der Waals surface area contributed by atoms with E-state index in [0.29, 0.717) is 11.5 Å². The van der Waals surface area contributed by atoms with Crippen LogP contribution in [-0.4, -0.2) is 9.78 Å². The lowest BCUT2D eigenvalue weighted by Crippen LogP contribution is -1.96. The Morgan fingerprint density at radius 1 is 1.44 bits per heavy atom. The van der Waals surface area contributed by atoms with Crippen molar-refractivity contribution >= 4 is 10.9 Å². The first-order valence-corrected chi connectivity index (χ1v) is 5.47. The van der Waals surface area contributed by atoms with Crippen LogP contribution < -0.4 is 0 Å². The van der Waals surface area contributed by atoms with Gasteiger partial charge in [-0.2, -0.15) is 10.4 Å². The maximum atomic E-state index is 8.90. The summed E-state index contributed by atoms with van der Waals surface area (Å²) in [6.07, 6.45) is 0.951. The van der Waals surface area contributed by atoms with Gasteiger partial charge in [0, 0.05) is 12.4 Å². The van der Waals surface area contributed by atoms with Crippen LogP contribution in [-0.2, 0) is 13.5 Å². The van der Waals surface area contributed by atoms with Gasteiger partial charge in [0.1, 0.15) is 0 Å². The molecule has 0 N–H and O–H groups in total. The van der Waals surface area contributed by atoms with E-state index in [9.17, 15) is 0 Å². The Morgan fingerprint density at radius 2 is 2.19 bits per heavy atom. The molecule has 0 amide bonds. The van der Waals surface area contributed by atoms with Crippen molar-refractivity contribution in [3.05, 3.63) is 29.5 Å². The number of hydrogen-bond acceptors (Lipinski definition) is 2. The fraction of sp³-hybridized carbons (Fsp3) is 0.385. The van der Waals surface area contributed by atoms with Gasteiger partial charge >= 0.3 is 0 Å². The number of aromatic nitrogens is 2. The van der Waals surface area contributed by atoms with Crippen LogP contribution in [0.4, 0.5) is 0 Å². The zero-order valence-electron chi connectivity index (χ0n) is 9.86. The standard InChI is InChI=1S/C13H15N3/c1-9(2)6-12-11-7-10(8-14)4-5-13(11)16(3)15-12/h4-5,7,9H,6H2,1-3H3. The third kappa shape index (κ3) is 1.79. The number of rotatable bonds is 2. The lowest BCUT2D eigenvalue weighted by molar-refractivity contribution is 0.624. The molecule has 3 nitrogen and oxygen atoms in total. The van der Waals surface area contributed by atoms with E-state index < -0.39 is 0 Å². The molecule has 0 fully saturated rings. The molecule has 0 bridgehead atoms. The molecule has 0 aliphatic rings. The van der Waals surface area contributed by atoms with Gasteiger partial charge in [-0.3, -0.25) is 4.68 Å². The first-order chi connectivity index (χ1) is 7.61. The quantitative estimate of drug-likeness (QED) is 0.769. The summed E-state index contributed by atoms with van der Waals surface area (Å²) in [6, 6.07) is 7.90. The predicted octanol–water partition coefficient (Wildman–Crippen LogP) is 2.64. The smallest absolute Gasteiger partial charge is 0.0991 e. The number of nitriles is 1. The van der Waals surface area contributed by atoms with Gasteiger partial charge in [-0.1, -0.05) is 13.8 Å². The van der Waals surface area contributed by atoms with Gasteiger partial charge in [0.05, 0.1) is 22.8 Å². The van der Waals surface area contributed by atoms with Crippen molar-refractivity contribution in [2.45, 2.75) is 20.3 Å². The van der Waals surface area contributed by atoms with Crippen LogP contribution in [0.5, 0.6) is 0 Å². The molecule has 0 aliphatic carbocycles. The van der Waals surface area contributed by atoms with E-state index in [0.717, 1.165) is 23.0 Å². The largest absolute Gasteiger partial charge is 0.268 e. The van der Waals surface area contributed by atoms with Crippen LogP contribution in [0.15, 0.2) is 18.2 Å². The third-order valence-corrected chi connectivity index (χ3v) is 2.66. The van der Waals surface area contributed by atoms with Crippen LogP contribution in [0.2, 0.25) is 0 Å². The molecule has 1 aromatic heterocycles. The molecular formula is C13H15N3. The summed E-state index contributed by atoms with van der Waals surface area (Å²) in [6.45, 7) is 4.35. The number of benzene rings is 1. The highest BCUT2D eigenvalue weighted by molar-refractivity contribution is 5.83. The van der Waals surface area contributed by atoms with E-state index in [1.165, 1.54) is 0 Å². The molecule has 2 aromatic rings. The van der Waals surface area contributed by atoms with Gasteiger partial charge in [0.25, 0.3) is 0 Å². The maximum Gasteiger partial charge on any atom is 0.0991 e. The molecule has 1 aromatic carbocycles. The van der Waals surface area contributed by atoms with Crippen molar-refractivity contribution in [1.82, 2.24) is 9.78 Å². The summed E-state index contributed by atoms with van der Waals surface area (Å²) >= 11 is 0. The summed E-state index contributed by atoms with van der Waals surface area (Å²) in [5.74, 6) is 0.573. The van der Waals surface area contributed by atoms with Crippen molar-refractivity contribution in [3.8, 4) is 6.07 Å². The fourth-order valence-corrected chi connectivity index (χ4v) is 1.95. The minimum atomic E-state index is 0.573. The van der Waals surface area contributed by atoms with Gasteiger partial charge in [0.2, 0.25) is 0 Å². The van der Waals surface area contributed by atoms with Crippen LogP contribution in [0.25, 0.3) is 10.9 Å². The monoisotopic (exact) mass is 213 g/mol. The normalized spacial score (nSPS) is 10.9. The zero-order valence-corrected chi connectivity index (χ0v) is 9.86. The average molecular weight is 213 g/mol. The summed E-state index contributed by atoms with van der Waals surface area (Å²) in [7, 11) is 1.94. The molecule has 2 rings (SSSR count). The maximum absolute atomic E-state index is 8.90. The predicted molar refractivity (Wildman–Crippen MR) is 64.0 cm³/mol. The highest BCUT2D eigenvalue weighted by Crippen LogP contribution is 2.21. The van der Waals surface area contributed by atoms with Crippen LogP contribution >= 0.6 is 0 Å². The molecular weight excluding hydrogens is 198 g/mol. The molecule has 0 aliphatic heterocycles. The Morgan fingerprint density at radius 3 is 2.81 bits per heavy atom. The van der Waals surface area contributed by atoms with Crippen molar-refractivity contribution in [3.63, 3.8) is 0 Å². The van der Waals surface area contributed by atoms with Gasteiger partial charge in [0.15, 0.2) is 0 Å². The number of nitrogens with zero attached hydrogens (tertiary/aromatic N) is 3. The van der Waals surface area contributed by atoms with Gasteiger partial charge in [-0.15, -0.1) is 0 Å². The lowest BCUT2D eigenvalue weighted by Gasteiger charge is -2.00. The van der Waals surface area contributed by atoms with E-state index in [1.807, 2.05) is 29.9 Å². The third-order valence-electron chi connectivity index (χ3n) is 2.66. The van der Waals surface area contributed by atoms with Crippen LogP contribution in [0.1, 0.15) is 25.1 Å². The number of hydrogen-bond donors (Lipinski definition) is 0. The number of aryl methyl sites for hydroxylation is 1. The molecule has 3 heteroatoms. The molecule has 82 valence electrons. The molecule has 0 saturated carbocycles. The zero-order chi connectivity index (χ0) is 11.7. The second-order valence-electron chi connectivity index (χ2n) is 4.51. The summed E-state index contributed by atoms with van der Waals surface area (Å²) < 4.78 is 1.88. The lowest BCUT2D eigenvalue weighted by atomic mass is 10.0. The van der Waals surface area contributed by atoms with Crippen molar-refractivity contribution in [2.24, 2.45) is 13.0 Å². The van der Waals surface area contributed by atoms with E-state index in [2.05, 4.69) is 25.0 Å². The average Bonchev–Trinajstić information content (AvgIpc) is 2.54. The summed E-state index contributed by atoms with van der Waals surface area (Å²) in [5.41, 5.74) is 2.88. The Hall–Kier alpha value is -1.82. The molecule has 0 unspecified atom stereocenters. The Kier molecular flexibility index (Phi) is 2.66. The summed E-state index contributed by atoms with van der Waals surface area (Å²) in [5, 5.41) is 14.5. The van der Waals surface area contributed by atoms with Crippen LogP contribution in [0.3, 0.4) is 0 Å². The summed E-state index contributed by atoms with van der Waals surface area (Å²) in [4.78, 5) is 0. The van der Waals surface area contributed by atoms with Crippen molar-refractivity contribution in [2.75, 3.05) is 0 Å². The van der Waals surface area contributed by atoms with E-state index in [1.54, 1.807) is 0 Å². The second kappa shape index (κ2) is 3.97. The Bertz CT molecular complexity index is 558. The highest BCUT2D eigenvalue weighted by Gasteiger charge is 2.10. The first kappa shape index (κ1) is 10.7. The Balaban J connectivity index is 2.61. The fourth-order valence-electron chi connectivity index (χ4n) is 1.95. The minimum Gasteiger partial charge on any atom is -0.268 e. The topological polar surface area (TPSA) is 41.6 Å². The number of fused-ring (bicyclic) bond motifs is 1. The first-order valence-electron chi connectivity index (χ1n) is 5.47. The van der Waals surface area contributed by atoms with Gasteiger partial charge < -0.3 is 0 Å². The molecule has 0 radical (unpaired) electrons. The minimum absolute atomic E-state index is 0.573. The van der Waals surface area contributed by atoms with E-state index in [-0.39, 0.29) is 0 Å².